The fraction of sp³-hybridized carbons (Fsp3) is 0.300. The first kappa shape index (κ1) is 19.8. The summed E-state index contributed by atoms with van der Waals surface area (Å²) in [6.45, 7) is 4.00. The van der Waals surface area contributed by atoms with Gasteiger partial charge in [0.25, 0.3) is 11.5 Å². The van der Waals surface area contributed by atoms with E-state index in [0.717, 1.165) is 16.9 Å². The maximum Gasteiger partial charge on any atom is 0.279 e. The topological polar surface area (TPSA) is 93.1 Å². The SMILES string of the molecule is CCc1sc(C(=O)NNC(=O)CCc2nc3ccccc3c(=O)n2C)cc1C. The number of hydrazine groups is 1. The fourth-order valence-corrected chi connectivity index (χ4v) is 3.96. The third-order valence-corrected chi connectivity index (χ3v) is 5.91. The van der Waals surface area contributed by atoms with Crippen LogP contribution in [-0.4, -0.2) is 21.4 Å². The highest BCUT2D eigenvalue weighted by molar-refractivity contribution is 7.14. The van der Waals surface area contributed by atoms with E-state index >= 15 is 0 Å². The van der Waals surface area contributed by atoms with Crippen molar-refractivity contribution in [2.75, 3.05) is 0 Å². The number of nitrogens with zero attached hydrogens (tertiary/aromatic N) is 2. The van der Waals surface area contributed by atoms with Crippen molar-refractivity contribution >= 4 is 34.1 Å². The Bertz CT molecular complexity index is 1100. The molecule has 0 fully saturated rings. The molecule has 0 bridgehead atoms. The Morgan fingerprint density at radius 2 is 1.96 bits per heavy atom. The Balaban J connectivity index is 1.60. The maximum absolute atomic E-state index is 12.4. The lowest BCUT2D eigenvalue weighted by Crippen LogP contribution is -2.41. The number of hydrogen-bond donors (Lipinski definition) is 2. The molecule has 146 valence electrons. The molecule has 0 aliphatic heterocycles. The van der Waals surface area contributed by atoms with Crippen LogP contribution in [0.4, 0.5) is 0 Å². The highest BCUT2D eigenvalue weighted by Gasteiger charge is 2.13. The van der Waals surface area contributed by atoms with E-state index < -0.39 is 0 Å². The largest absolute Gasteiger partial charge is 0.299 e. The third-order valence-electron chi connectivity index (χ3n) is 4.53. The molecule has 3 rings (SSSR count). The minimum atomic E-state index is -0.347. The summed E-state index contributed by atoms with van der Waals surface area (Å²) >= 11 is 1.42. The van der Waals surface area contributed by atoms with E-state index in [1.54, 1.807) is 25.2 Å². The minimum absolute atomic E-state index is 0.0998. The number of aryl methyl sites for hydroxylation is 3. The van der Waals surface area contributed by atoms with Crippen molar-refractivity contribution in [1.29, 1.82) is 0 Å². The van der Waals surface area contributed by atoms with E-state index in [1.807, 2.05) is 26.0 Å². The lowest BCUT2D eigenvalue weighted by atomic mass is 10.2. The summed E-state index contributed by atoms with van der Waals surface area (Å²) in [7, 11) is 1.64. The van der Waals surface area contributed by atoms with Crippen LogP contribution in [0, 0.1) is 6.92 Å². The first-order valence-electron chi connectivity index (χ1n) is 9.03. The summed E-state index contributed by atoms with van der Waals surface area (Å²) in [6.07, 6.45) is 1.26. The van der Waals surface area contributed by atoms with Crippen LogP contribution in [0.2, 0.25) is 0 Å². The molecular weight excluding hydrogens is 376 g/mol. The first-order chi connectivity index (χ1) is 13.4. The van der Waals surface area contributed by atoms with Crippen molar-refractivity contribution in [2.45, 2.75) is 33.1 Å². The van der Waals surface area contributed by atoms with Gasteiger partial charge in [0.15, 0.2) is 0 Å². The summed E-state index contributed by atoms with van der Waals surface area (Å²) in [5, 5.41) is 0.545. The molecule has 0 unspecified atom stereocenters. The van der Waals surface area contributed by atoms with E-state index in [-0.39, 0.29) is 30.2 Å². The number of aromatic nitrogens is 2. The molecule has 0 aliphatic rings. The predicted molar refractivity (Wildman–Crippen MR) is 109 cm³/mol. The number of benzene rings is 1. The molecule has 0 radical (unpaired) electrons. The Kier molecular flexibility index (Phi) is 5.89. The van der Waals surface area contributed by atoms with Crippen LogP contribution in [0.25, 0.3) is 10.9 Å². The highest BCUT2D eigenvalue weighted by atomic mass is 32.1. The second kappa shape index (κ2) is 8.35. The maximum atomic E-state index is 12.4. The predicted octanol–water partition coefficient (Wildman–Crippen LogP) is 2.26. The van der Waals surface area contributed by atoms with Crippen molar-refractivity contribution in [3.05, 3.63) is 61.8 Å². The van der Waals surface area contributed by atoms with Gasteiger partial charge in [-0.3, -0.25) is 29.8 Å². The molecule has 2 amide bonds. The van der Waals surface area contributed by atoms with Crippen LogP contribution >= 0.6 is 11.3 Å². The number of rotatable bonds is 5. The van der Waals surface area contributed by atoms with Crippen molar-refractivity contribution in [3.63, 3.8) is 0 Å². The van der Waals surface area contributed by atoms with E-state index in [4.69, 9.17) is 0 Å². The van der Waals surface area contributed by atoms with E-state index in [0.29, 0.717) is 21.6 Å². The lowest BCUT2D eigenvalue weighted by Gasteiger charge is -2.10. The average molecular weight is 398 g/mol. The van der Waals surface area contributed by atoms with Gasteiger partial charge in [-0.2, -0.15) is 0 Å². The second-order valence-corrected chi connectivity index (χ2v) is 7.62. The Hall–Kier alpha value is -3.00. The van der Waals surface area contributed by atoms with Gasteiger partial charge in [0.2, 0.25) is 5.91 Å². The van der Waals surface area contributed by atoms with Gasteiger partial charge < -0.3 is 0 Å². The van der Waals surface area contributed by atoms with E-state index in [1.165, 1.54) is 15.9 Å². The quantitative estimate of drug-likeness (QED) is 0.645. The molecule has 7 nitrogen and oxygen atoms in total. The first-order valence-corrected chi connectivity index (χ1v) is 9.85. The summed E-state index contributed by atoms with van der Waals surface area (Å²) in [5.74, 6) is -0.163. The van der Waals surface area contributed by atoms with Crippen LogP contribution in [0.5, 0.6) is 0 Å². The number of amides is 2. The molecule has 0 aliphatic carbocycles. The average Bonchev–Trinajstić information content (AvgIpc) is 3.08. The standard InChI is InChI=1S/C20H22N4O3S/c1-4-15-12(2)11-16(28-15)19(26)23-22-18(25)10-9-17-21-14-8-6-5-7-13(14)20(27)24(17)3/h5-8,11H,4,9-10H2,1-3H3,(H,22,25)(H,23,26). The van der Waals surface area contributed by atoms with Crippen molar-refractivity contribution in [1.82, 2.24) is 20.4 Å². The Morgan fingerprint density at radius 1 is 1.21 bits per heavy atom. The molecule has 1 aromatic carbocycles. The number of hydrogen-bond acceptors (Lipinski definition) is 5. The van der Waals surface area contributed by atoms with Crippen molar-refractivity contribution in [3.8, 4) is 0 Å². The molecule has 8 heteroatoms. The number of thiophene rings is 1. The van der Waals surface area contributed by atoms with Gasteiger partial charge in [-0.1, -0.05) is 19.1 Å². The zero-order valence-corrected chi connectivity index (χ0v) is 16.9. The summed E-state index contributed by atoms with van der Waals surface area (Å²) in [5.41, 5.74) is 6.40. The van der Waals surface area contributed by atoms with Crippen LogP contribution in [0.1, 0.15) is 39.3 Å². The monoisotopic (exact) mass is 398 g/mol. The van der Waals surface area contributed by atoms with Gasteiger partial charge in [0.1, 0.15) is 5.82 Å². The zero-order chi connectivity index (χ0) is 20.3. The van der Waals surface area contributed by atoms with Gasteiger partial charge in [0, 0.05) is 24.8 Å². The minimum Gasteiger partial charge on any atom is -0.299 e. The zero-order valence-electron chi connectivity index (χ0n) is 16.0. The van der Waals surface area contributed by atoms with Crippen LogP contribution in [0.3, 0.4) is 0 Å². The highest BCUT2D eigenvalue weighted by Crippen LogP contribution is 2.22. The van der Waals surface area contributed by atoms with E-state index in [9.17, 15) is 14.4 Å². The van der Waals surface area contributed by atoms with Gasteiger partial charge in [-0.05, 0) is 37.1 Å². The second-order valence-electron chi connectivity index (χ2n) is 6.48. The van der Waals surface area contributed by atoms with Crippen LogP contribution in [-0.2, 0) is 24.7 Å². The van der Waals surface area contributed by atoms with E-state index in [2.05, 4.69) is 15.8 Å². The van der Waals surface area contributed by atoms with Gasteiger partial charge in [-0.25, -0.2) is 4.98 Å². The Morgan fingerprint density at radius 3 is 2.68 bits per heavy atom. The molecule has 0 spiro atoms. The smallest absolute Gasteiger partial charge is 0.279 e. The van der Waals surface area contributed by atoms with Crippen molar-refractivity contribution in [2.24, 2.45) is 7.05 Å². The fourth-order valence-electron chi connectivity index (χ4n) is 2.95. The third kappa shape index (κ3) is 4.12. The number of carbonyl (C=O) groups is 2. The molecule has 3 aromatic rings. The summed E-state index contributed by atoms with van der Waals surface area (Å²) in [4.78, 5) is 42.9. The Labute approximate surface area is 166 Å². The lowest BCUT2D eigenvalue weighted by molar-refractivity contribution is -0.121. The number of fused-ring (bicyclic) bond motifs is 1. The van der Waals surface area contributed by atoms with Crippen molar-refractivity contribution < 1.29 is 9.59 Å². The normalized spacial score (nSPS) is 10.8. The molecule has 28 heavy (non-hydrogen) atoms. The number of para-hydroxylation sites is 1. The molecule has 0 saturated heterocycles. The molecular formula is C20H22N4O3S. The number of carbonyl (C=O) groups excluding carboxylic acids is 2. The molecule has 2 N–H and O–H groups in total. The van der Waals surface area contributed by atoms with Crippen LogP contribution in [0.15, 0.2) is 35.1 Å². The number of nitrogens with one attached hydrogen (secondary N) is 2. The van der Waals surface area contributed by atoms with Gasteiger partial charge in [0.05, 0.1) is 15.8 Å². The van der Waals surface area contributed by atoms with Crippen LogP contribution < -0.4 is 16.4 Å². The molecule has 2 heterocycles. The van der Waals surface area contributed by atoms with Gasteiger partial charge >= 0.3 is 0 Å². The van der Waals surface area contributed by atoms with Gasteiger partial charge in [-0.15, -0.1) is 11.3 Å². The molecule has 0 saturated carbocycles. The summed E-state index contributed by atoms with van der Waals surface area (Å²) in [6, 6.07) is 8.93. The molecule has 2 aromatic heterocycles. The molecule has 0 atom stereocenters. The summed E-state index contributed by atoms with van der Waals surface area (Å²) < 4.78 is 1.45.